The van der Waals surface area contributed by atoms with Crippen molar-refractivity contribution in [1.29, 1.82) is 0 Å². The average molecular weight is 246 g/mol. The summed E-state index contributed by atoms with van der Waals surface area (Å²) in [6, 6.07) is 13.6. The molecule has 86 valence electrons. The van der Waals surface area contributed by atoms with E-state index >= 15 is 0 Å². The molecular formula is C14H12ClNO. The summed E-state index contributed by atoms with van der Waals surface area (Å²) in [5, 5.41) is 0.510. The number of nitrogens with zero attached hydrogens (tertiary/aromatic N) is 1. The SMILES string of the molecule is Clc1cccc(-c2cccc(OC3CC3)c2)n1. The van der Waals surface area contributed by atoms with E-state index in [1.54, 1.807) is 6.07 Å². The van der Waals surface area contributed by atoms with Crippen LogP contribution < -0.4 is 4.74 Å². The number of ether oxygens (including phenoxy) is 1. The second-order valence-corrected chi connectivity index (χ2v) is 4.58. The Kier molecular flexibility index (Phi) is 2.73. The topological polar surface area (TPSA) is 22.1 Å². The molecule has 1 aliphatic carbocycles. The Hall–Kier alpha value is -1.54. The Morgan fingerprint density at radius 2 is 1.94 bits per heavy atom. The van der Waals surface area contributed by atoms with E-state index in [4.69, 9.17) is 16.3 Å². The molecule has 0 atom stereocenters. The van der Waals surface area contributed by atoms with Crippen LogP contribution >= 0.6 is 11.6 Å². The molecule has 1 fully saturated rings. The van der Waals surface area contributed by atoms with Crippen LogP contribution in [0, 0.1) is 0 Å². The predicted octanol–water partition coefficient (Wildman–Crippen LogP) is 3.94. The van der Waals surface area contributed by atoms with Crippen LogP contribution in [0.4, 0.5) is 0 Å². The third-order valence-corrected chi connectivity index (χ3v) is 2.88. The van der Waals surface area contributed by atoms with Gasteiger partial charge in [-0.25, -0.2) is 4.98 Å². The van der Waals surface area contributed by atoms with Gasteiger partial charge in [-0.1, -0.05) is 29.8 Å². The van der Waals surface area contributed by atoms with Crippen molar-refractivity contribution in [1.82, 2.24) is 4.98 Å². The molecule has 0 saturated heterocycles. The highest BCUT2D eigenvalue weighted by Gasteiger charge is 2.23. The van der Waals surface area contributed by atoms with E-state index in [9.17, 15) is 0 Å². The maximum absolute atomic E-state index is 5.89. The quantitative estimate of drug-likeness (QED) is 0.764. The minimum atomic E-state index is 0.414. The summed E-state index contributed by atoms with van der Waals surface area (Å²) < 4.78 is 5.76. The molecule has 3 heteroatoms. The van der Waals surface area contributed by atoms with Crippen LogP contribution in [0.2, 0.25) is 5.15 Å². The Balaban J connectivity index is 1.91. The van der Waals surface area contributed by atoms with Crippen LogP contribution in [-0.4, -0.2) is 11.1 Å². The van der Waals surface area contributed by atoms with Gasteiger partial charge in [-0.2, -0.15) is 0 Å². The minimum Gasteiger partial charge on any atom is -0.490 e. The molecule has 0 bridgehead atoms. The lowest BCUT2D eigenvalue weighted by atomic mass is 10.1. The number of hydrogen-bond donors (Lipinski definition) is 0. The predicted molar refractivity (Wildman–Crippen MR) is 68.3 cm³/mol. The zero-order valence-electron chi connectivity index (χ0n) is 9.27. The third kappa shape index (κ3) is 2.59. The molecule has 2 nitrogen and oxygen atoms in total. The monoisotopic (exact) mass is 245 g/mol. The minimum absolute atomic E-state index is 0.414. The van der Waals surface area contributed by atoms with E-state index in [0.717, 1.165) is 17.0 Å². The summed E-state index contributed by atoms with van der Waals surface area (Å²) in [5.41, 5.74) is 1.91. The van der Waals surface area contributed by atoms with E-state index in [1.165, 1.54) is 12.8 Å². The van der Waals surface area contributed by atoms with Gasteiger partial charge in [0, 0.05) is 5.56 Å². The lowest BCUT2D eigenvalue weighted by Gasteiger charge is -2.06. The van der Waals surface area contributed by atoms with Crippen molar-refractivity contribution < 1.29 is 4.74 Å². The summed E-state index contributed by atoms with van der Waals surface area (Å²) in [7, 11) is 0. The molecule has 1 aromatic heterocycles. The van der Waals surface area contributed by atoms with Gasteiger partial charge in [-0.05, 0) is 37.1 Å². The molecule has 1 saturated carbocycles. The number of halogens is 1. The van der Waals surface area contributed by atoms with E-state index in [0.29, 0.717) is 11.3 Å². The largest absolute Gasteiger partial charge is 0.490 e. The van der Waals surface area contributed by atoms with E-state index in [1.807, 2.05) is 36.4 Å². The summed E-state index contributed by atoms with van der Waals surface area (Å²) in [4.78, 5) is 4.29. The molecule has 0 unspecified atom stereocenters. The fourth-order valence-electron chi connectivity index (χ4n) is 1.68. The van der Waals surface area contributed by atoms with Gasteiger partial charge in [0.25, 0.3) is 0 Å². The Labute approximate surface area is 105 Å². The molecule has 1 aliphatic rings. The molecule has 0 N–H and O–H groups in total. The zero-order chi connectivity index (χ0) is 11.7. The lowest BCUT2D eigenvalue weighted by Crippen LogP contribution is -1.95. The highest BCUT2D eigenvalue weighted by Crippen LogP contribution is 2.29. The summed E-state index contributed by atoms with van der Waals surface area (Å²) in [5.74, 6) is 0.909. The second-order valence-electron chi connectivity index (χ2n) is 4.19. The van der Waals surface area contributed by atoms with Crippen molar-refractivity contribution in [3.05, 3.63) is 47.6 Å². The first-order chi connectivity index (χ1) is 8.31. The van der Waals surface area contributed by atoms with Crippen molar-refractivity contribution in [3.63, 3.8) is 0 Å². The van der Waals surface area contributed by atoms with Gasteiger partial charge in [-0.3, -0.25) is 0 Å². The number of hydrogen-bond acceptors (Lipinski definition) is 2. The third-order valence-electron chi connectivity index (χ3n) is 2.67. The molecular weight excluding hydrogens is 234 g/mol. The van der Waals surface area contributed by atoms with Gasteiger partial charge >= 0.3 is 0 Å². The maximum atomic E-state index is 5.89. The smallest absolute Gasteiger partial charge is 0.129 e. The Bertz CT molecular complexity index is 537. The fraction of sp³-hybridized carbons (Fsp3) is 0.214. The van der Waals surface area contributed by atoms with E-state index < -0.39 is 0 Å². The van der Waals surface area contributed by atoms with Crippen molar-refractivity contribution in [2.24, 2.45) is 0 Å². The van der Waals surface area contributed by atoms with Gasteiger partial charge in [-0.15, -0.1) is 0 Å². The molecule has 0 spiro atoms. The second kappa shape index (κ2) is 4.38. The fourth-order valence-corrected chi connectivity index (χ4v) is 1.84. The van der Waals surface area contributed by atoms with Gasteiger partial charge in [0.1, 0.15) is 10.9 Å². The van der Waals surface area contributed by atoms with Gasteiger partial charge in [0.05, 0.1) is 11.8 Å². The Morgan fingerprint density at radius 3 is 2.71 bits per heavy atom. The number of benzene rings is 1. The molecule has 17 heavy (non-hydrogen) atoms. The van der Waals surface area contributed by atoms with Crippen molar-refractivity contribution in [2.75, 3.05) is 0 Å². The van der Waals surface area contributed by atoms with Crippen molar-refractivity contribution in [3.8, 4) is 17.0 Å². The Morgan fingerprint density at radius 1 is 1.12 bits per heavy atom. The normalized spacial score (nSPS) is 14.6. The molecule has 2 aromatic rings. The van der Waals surface area contributed by atoms with Gasteiger partial charge in [0.2, 0.25) is 0 Å². The first kappa shape index (κ1) is 10.6. The van der Waals surface area contributed by atoms with Crippen LogP contribution in [0.5, 0.6) is 5.75 Å². The van der Waals surface area contributed by atoms with Crippen LogP contribution in [-0.2, 0) is 0 Å². The molecule has 0 amide bonds. The average Bonchev–Trinajstić information content (AvgIpc) is 3.13. The van der Waals surface area contributed by atoms with E-state index in [-0.39, 0.29) is 0 Å². The summed E-state index contributed by atoms with van der Waals surface area (Å²) in [6.07, 6.45) is 2.75. The molecule has 1 heterocycles. The zero-order valence-corrected chi connectivity index (χ0v) is 10.0. The van der Waals surface area contributed by atoms with Crippen LogP contribution in [0.1, 0.15) is 12.8 Å². The van der Waals surface area contributed by atoms with Gasteiger partial charge < -0.3 is 4.74 Å². The highest BCUT2D eigenvalue weighted by atomic mass is 35.5. The van der Waals surface area contributed by atoms with Crippen molar-refractivity contribution in [2.45, 2.75) is 18.9 Å². The first-order valence-electron chi connectivity index (χ1n) is 5.71. The van der Waals surface area contributed by atoms with Gasteiger partial charge in [0.15, 0.2) is 0 Å². The standard InChI is InChI=1S/C14H12ClNO/c15-14-6-2-5-13(16-14)10-3-1-4-12(9-10)17-11-7-8-11/h1-6,9,11H,7-8H2. The highest BCUT2D eigenvalue weighted by molar-refractivity contribution is 6.29. The first-order valence-corrected chi connectivity index (χ1v) is 6.09. The maximum Gasteiger partial charge on any atom is 0.129 e. The van der Waals surface area contributed by atoms with Crippen LogP contribution in [0.15, 0.2) is 42.5 Å². The molecule has 1 aromatic carbocycles. The van der Waals surface area contributed by atoms with Crippen LogP contribution in [0.25, 0.3) is 11.3 Å². The summed E-state index contributed by atoms with van der Waals surface area (Å²) >= 11 is 5.89. The lowest BCUT2D eigenvalue weighted by molar-refractivity contribution is 0.303. The number of rotatable bonds is 3. The van der Waals surface area contributed by atoms with Crippen LogP contribution in [0.3, 0.4) is 0 Å². The summed E-state index contributed by atoms with van der Waals surface area (Å²) in [6.45, 7) is 0. The van der Waals surface area contributed by atoms with Crippen molar-refractivity contribution >= 4 is 11.6 Å². The van der Waals surface area contributed by atoms with E-state index in [2.05, 4.69) is 4.98 Å². The molecule has 3 rings (SSSR count). The molecule has 0 aliphatic heterocycles. The number of aromatic nitrogens is 1. The number of pyridine rings is 1. The molecule has 0 radical (unpaired) electrons.